The van der Waals surface area contributed by atoms with Crippen LogP contribution in [0.3, 0.4) is 0 Å². The summed E-state index contributed by atoms with van der Waals surface area (Å²) in [6.45, 7) is 4.14. The van der Waals surface area contributed by atoms with Crippen molar-refractivity contribution in [3.8, 4) is 0 Å². The number of rotatable bonds is 6. The van der Waals surface area contributed by atoms with E-state index < -0.39 is 4.92 Å². The minimum Gasteiger partial charge on any atom is -0.301 e. The molecule has 0 aliphatic rings. The van der Waals surface area contributed by atoms with E-state index in [1.165, 1.54) is 30.0 Å². The van der Waals surface area contributed by atoms with E-state index in [9.17, 15) is 14.9 Å². The number of hydrogen-bond donors (Lipinski definition) is 1. The summed E-state index contributed by atoms with van der Waals surface area (Å²) in [4.78, 5) is 29.2. The Labute approximate surface area is 132 Å². The number of nitro benzene ring substituents is 1. The Bertz CT molecular complexity index is 730. The Morgan fingerprint density at radius 3 is 2.86 bits per heavy atom. The van der Waals surface area contributed by atoms with E-state index in [-0.39, 0.29) is 11.2 Å². The highest BCUT2D eigenvalue weighted by molar-refractivity contribution is 7.99. The molecule has 0 aliphatic carbocycles. The second-order valence-electron chi connectivity index (χ2n) is 4.98. The molecule has 0 bridgehead atoms. The Hall–Kier alpha value is -2.15. The molecule has 1 atom stereocenters. The molecule has 1 aromatic heterocycles. The number of aromatic amines is 1. The van der Waals surface area contributed by atoms with Crippen molar-refractivity contribution in [2.24, 2.45) is 0 Å². The van der Waals surface area contributed by atoms with Gasteiger partial charge in [-0.2, -0.15) is 0 Å². The van der Waals surface area contributed by atoms with Gasteiger partial charge in [-0.25, -0.2) is 4.98 Å². The number of nitrogens with zero attached hydrogens (tertiary/aromatic N) is 2. The van der Waals surface area contributed by atoms with Crippen LogP contribution in [0, 0.1) is 10.1 Å². The first-order chi connectivity index (χ1) is 10.5. The number of non-ortho nitro benzene ring substituents is 1. The van der Waals surface area contributed by atoms with Crippen LogP contribution in [0.1, 0.15) is 31.5 Å². The fourth-order valence-corrected chi connectivity index (χ4v) is 2.77. The second kappa shape index (κ2) is 7.22. The lowest BCUT2D eigenvalue weighted by molar-refractivity contribution is -0.384. The van der Waals surface area contributed by atoms with Gasteiger partial charge in [-0.15, -0.1) is 0 Å². The number of hydrogen-bond acceptors (Lipinski definition) is 5. The van der Waals surface area contributed by atoms with Crippen molar-refractivity contribution in [2.45, 2.75) is 37.1 Å². The van der Waals surface area contributed by atoms with Crippen LogP contribution in [0.4, 0.5) is 5.69 Å². The molecule has 1 heterocycles. The number of thioether (sulfide) groups is 1. The van der Waals surface area contributed by atoms with Gasteiger partial charge in [-0.3, -0.25) is 14.9 Å². The molecule has 2 rings (SSSR count). The van der Waals surface area contributed by atoms with Crippen molar-refractivity contribution >= 4 is 17.4 Å². The Morgan fingerprint density at radius 2 is 2.18 bits per heavy atom. The molecule has 0 radical (unpaired) electrons. The summed E-state index contributed by atoms with van der Waals surface area (Å²) in [5.74, 6) is 0. The number of aromatic nitrogens is 2. The van der Waals surface area contributed by atoms with Crippen LogP contribution < -0.4 is 5.56 Å². The lowest BCUT2D eigenvalue weighted by Crippen LogP contribution is -2.11. The lowest BCUT2D eigenvalue weighted by Gasteiger charge is -2.08. The van der Waals surface area contributed by atoms with E-state index in [4.69, 9.17) is 0 Å². The topological polar surface area (TPSA) is 88.9 Å². The van der Waals surface area contributed by atoms with Crippen LogP contribution in [0.25, 0.3) is 0 Å². The first-order valence-corrected chi connectivity index (χ1v) is 7.86. The first kappa shape index (κ1) is 16.2. The van der Waals surface area contributed by atoms with Gasteiger partial charge in [0.2, 0.25) is 0 Å². The third-order valence-corrected chi connectivity index (χ3v) is 4.32. The van der Waals surface area contributed by atoms with Gasteiger partial charge in [0.15, 0.2) is 5.16 Å². The third kappa shape index (κ3) is 4.42. The summed E-state index contributed by atoms with van der Waals surface area (Å²) < 4.78 is 0. The van der Waals surface area contributed by atoms with Crippen LogP contribution in [-0.4, -0.2) is 20.1 Å². The smallest absolute Gasteiger partial charge is 0.269 e. The summed E-state index contributed by atoms with van der Waals surface area (Å²) in [5, 5.41) is 11.7. The summed E-state index contributed by atoms with van der Waals surface area (Å²) in [5.41, 5.74) is 1.19. The largest absolute Gasteiger partial charge is 0.301 e. The quantitative estimate of drug-likeness (QED) is 0.382. The van der Waals surface area contributed by atoms with Crippen LogP contribution in [0.2, 0.25) is 0 Å². The molecule has 6 nitrogen and oxygen atoms in total. The van der Waals surface area contributed by atoms with Crippen molar-refractivity contribution in [1.29, 1.82) is 0 Å². The van der Waals surface area contributed by atoms with Crippen LogP contribution in [0.15, 0.2) is 40.3 Å². The van der Waals surface area contributed by atoms with Gasteiger partial charge in [0.05, 0.1) is 10.6 Å². The Kier molecular flexibility index (Phi) is 5.32. The van der Waals surface area contributed by atoms with Crippen molar-refractivity contribution in [3.05, 3.63) is 62.1 Å². The fourth-order valence-electron chi connectivity index (χ4n) is 1.89. The number of nitrogens with one attached hydrogen (secondary N) is 1. The number of benzene rings is 1. The van der Waals surface area contributed by atoms with Crippen molar-refractivity contribution in [1.82, 2.24) is 9.97 Å². The summed E-state index contributed by atoms with van der Waals surface area (Å²) in [7, 11) is 0. The van der Waals surface area contributed by atoms with Crippen molar-refractivity contribution in [2.75, 3.05) is 0 Å². The molecule has 7 heteroatoms. The zero-order valence-electron chi connectivity index (χ0n) is 12.4. The molecule has 0 spiro atoms. The van der Waals surface area contributed by atoms with Gasteiger partial charge in [0, 0.05) is 29.9 Å². The van der Waals surface area contributed by atoms with Crippen LogP contribution in [0.5, 0.6) is 0 Å². The average molecular weight is 319 g/mol. The van der Waals surface area contributed by atoms with Gasteiger partial charge >= 0.3 is 0 Å². The van der Waals surface area contributed by atoms with Crippen LogP contribution >= 0.6 is 11.8 Å². The zero-order chi connectivity index (χ0) is 16.1. The summed E-state index contributed by atoms with van der Waals surface area (Å²) in [6, 6.07) is 7.80. The SMILES string of the molecule is CCC(C)Sc1nc(Cc2cccc([N+](=O)[O-])c2)cc(=O)[nH]1. The zero-order valence-corrected chi connectivity index (χ0v) is 13.2. The van der Waals surface area contributed by atoms with E-state index in [0.29, 0.717) is 22.5 Å². The standard InChI is InChI=1S/C15H17N3O3S/c1-3-10(2)22-15-16-12(9-14(19)17-15)7-11-5-4-6-13(8-11)18(20)21/h4-6,8-10H,3,7H2,1-2H3,(H,16,17,19). The van der Waals surface area contributed by atoms with Gasteiger partial charge in [-0.1, -0.05) is 37.7 Å². The maximum atomic E-state index is 11.7. The Morgan fingerprint density at radius 1 is 1.41 bits per heavy atom. The van der Waals surface area contributed by atoms with E-state index in [1.54, 1.807) is 12.1 Å². The molecule has 2 aromatic rings. The summed E-state index contributed by atoms with van der Waals surface area (Å²) in [6.07, 6.45) is 1.36. The highest BCUT2D eigenvalue weighted by atomic mass is 32.2. The highest BCUT2D eigenvalue weighted by Crippen LogP contribution is 2.21. The molecule has 22 heavy (non-hydrogen) atoms. The van der Waals surface area contributed by atoms with Crippen molar-refractivity contribution in [3.63, 3.8) is 0 Å². The van der Waals surface area contributed by atoms with Crippen LogP contribution in [-0.2, 0) is 6.42 Å². The van der Waals surface area contributed by atoms with E-state index >= 15 is 0 Å². The minimum absolute atomic E-state index is 0.0385. The maximum absolute atomic E-state index is 11.7. The minimum atomic E-state index is -0.432. The van der Waals surface area contributed by atoms with E-state index in [0.717, 1.165) is 12.0 Å². The number of nitro groups is 1. The predicted molar refractivity (Wildman–Crippen MR) is 86.4 cm³/mol. The van der Waals surface area contributed by atoms with E-state index in [1.807, 2.05) is 0 Å². The van der Waals surface area contributed by atoms with Crippen molar-refractivity contribution < 1.29 is 4.92 Å². The molecule has 0 saturated carbocycles. The van der Waals surface area contributed by atoms with Gasteiger partial charge < -0.3 is 4.98 Å². The number of H-pyrrole nitrogens is 1. The van der Waals surface area contributed by atoms with Gasteiger partial charge in [0.1, 0.15) is 0 Å². The second-order valence-corrected chi connectivity index (χ2v) is 6.41. The predicted octanol–water partition coefficient (Wildman–Crippen LogP) is 3.16. The maximum Gasteiger partial charge on any atom is 0.269 e. The highest BCUT2D eigenvalue weighted by Gasteiger charge is 2.09. The molecule has 1 N–H and O–H groups in total. The molecular weight excluding hydrogens is 302 g/mol. The lowest BCUT2D eigenvalue weighted by atomic mass is 10.1. The molecule has 0 fully saturated rings. The third-order valence-electron chi connectivity index (χ3n) is 3.17. The molecule has 0 saturated heterocycles. The summed E-state index contributed by atoms with van der Waals surface area (Å²) >= 11 is 1.52. The van der Waals surface area contributed by atoms with Gasteiger partial charge in [-0.05, 0) is 12.0 Å². The average Bonchev–Trinajstić information content (AvgIpc) is 2.46. The monoisotopic (exact) mass is 319 g/mol. The van der Waals surface area contributed by atoms with Gasteiger partial charge in [0.25, 0.3) is 11.2 Å². The molecule has 0 amide bonds. The molecule has 0 aliphatic heterocycles. The first-order valence-electron chi connectivity index (χ1n) is 6.98. The molecular formula is C15H17N3O3S. The molecule has 116 valence electrons. The normalized spacial score (nSPS) is 12.1. The molecule has 1 aromatic carbocycles. The Balaban J connectivity index is 2.24. The van der Waals surface area contributed by atoms with E-state index in [2.05, 4.69) is 23.8 Å². The fraction of sp³-hybridized carbons (Fsp3) is 0.333. The molecule has 1 unspecified atom stereocenters.